The highest BCUT2D eigenvalue weighted by atomic mass is 16.5. The fourth-order valence-corrected chi connectivity index (χ4v) is 12.5. The van der Waals surface area contributed by atoms with E-state index in [1.807, 2.05) is 0 Å². The summed E-state index contributed by atoms with van der Waals surface area (Å²) in [6.45, 7) is 10.9. The van der Waals surface area contributed by atoms with Crippen LogP contribution in [0.2, 0.25) is 0 Å². The van der Waals surface area contributed by atoms with Gasteiger partial charge in [0.15, 0.2) is 0 Å². The average Bonchev–Trinajstić information content (AvgIpc) is 3.48. The van der Waals surface area contributed by atoms with Gasteiger partial charge >= 0.3 is 0 Å². The van der Waals surface area contributed by atoms with E-state index >= 15 is 0 Å². The Morgan fingerprint density at radius 3 is 2.04 bits per heavy atom. The van der Waals surface area contributed by atoms with E-state index in [2.05, 4.69) is 93.1 Å². The molecular weight excluding hydrogens is 644 g/mol. The third kappa shape index (κ3) is 7.32. The highest BCUT2D eigenvalue weighted by Crippen LogP contribution is 2.72. The number of azide groups is 3. The number of benzene rings is 1. The van der Waals surface area contributed by atoms with E-state index in [1.165, 1.54) is 24.8 Å². The lowest BCUT2D eigenvalue weighted by molar-refractivity contribution is -0.237. The highest BCUT2D eigenvalue weighted by molar-refractivity contribution is 5.20. The molecule has 0 N–H and O–H groups in total. The average molecular weight is 703 g/mol. The minimum Gasteiger partial charge on any atom is -0.378 e. The van der Waals surface area contributed by atoms with Gasteiger partial charge in [-0.3, -0.25) is 4.90 Å². The Morgan fingerprint density at radius 1 is 0.745 bits per heavy atom. The lowest BCUT2D eigenvalue weighted by Crippen LogP contribution is -2.66. The molecule has 5 fully saturated rings. The van der Waals surface area contributed by atoms with Crippen LogP contribution < -0.4 is 0 Å². The highest BCUT2D eigenvalue weighted by Gasteiger charge is 2.69. The molecule has 0 spiro atoms. The first-order valence-electron chi connectivity index (χ1n) is 19.3. The van der Waals surface area contributed by atoms with Gasteiger partial charge in [0.05, 0.1) is 38.1 Å². The summed E-state index contributed by atoms with van der Waals surface area (Å²) >= 11 is 0. The van der Waals surface area contributed by atoms with Gasteiger partial charge in [0, 0.05) is 52.4 Å². The molecule has 13 nitrogen and oxygen atoms in total. The van der Waals surface area contributed by atoms with Crippen LogP contribution in [0.4, 0.5) is 0 Å². The summed E-state index contributed by atoms with van der Waals surface area (Å²) < 4.78 is 20.0. The van der Waals surface area contributed by atoms with E-state index in [1.54, 1.807) is 0 Å². The van der Waals surface area contributed by atoms with Crippen molar-refractivity contribution >= 4 is 0 Å². The van der Waals surface area contributed by atoms with Crippen molar-refractivity contribution in [1.82, 2.24) is 4.90 Å². The monoisotopic (exact) mass is 702 g/mol. The zero-order valence-corrected chi connectivity index (χ0v) is 31.1. The maximum absolute atomic E-state index is 9.06. The Balaban J connectivity index is 1.30. The molecule has 6 rings (SSSR count). The predicted molar refractivity (Wildman–Crippen MR) is 196 cm³/mol. The second kappa shape index (κ2) is 16.3. The summed E-state index contributed by atoms with van der Waals surface area (Å²) in [7, 11) is 2.31. The molecule has 12 atom stereocenters. The van der Waals surface area contributed by atoms with Crippen LogP contribution in [0, 0.1) is 45.8 Å². The van der Waals surface area contributed by atoms with E-state index in [0.717, 1.165) is 45.1 Å². The normalized spacial score (nSPS) is 39.7. The fourth-order valence-electron chi connectivity index (χ4n) is 12.5. The number of ether oxygens (including phenoxy) is 3. The quantitative estimate of drug-likeness (QED) is 0.0722. The molecular formula is C38H58N10O3. The standard InChI is InChI=1S/C38H58N10O3/c1-36-14-12-28(49-19-16-42-45-39)22-27(36)23-31(50-20-17-43-46-40)35-29-10-11-32(38(29,3)34(24-30(35)36)51-21-18-44-47-41)37(2)15-13-33(37)48(4)25-26-8-6-5-7-9-26/h5-9,27-35H,10-25H2,1-4H3/t27-,28-,29-,30-,31+,32+,33?,34-,35-,36-,37+,38-/m0/s1. The van der Waals surface area contributed by atoms with Crippen LogP contribution in [-0.2, 0) is 20.8 Å². The van der Waals surface area contributed by atoms with E-state index in [4.69, 9.17) is 30.8 Å². The lowest BCUT2D eigenvalue weighted by Gasteiger charge is -2.66. The molecule has 0 aliphatic heterocycles. The van der Waals surface area contributed by atoms with Crippen molar-refractivity contribution in [3.63, 3.8) is 0 Å². The number of fused-ring (bicyclic) bond motifs is 5. The Bertz CT molecular complexity index is 1480. The molecule has 0 heterocycles. The van der Waals surface area contributed by atoms with Gasteiger partial charge in [0.2, 0.25) is 0 Å². The third-order valence-corrected chi connectivity index (χ3v) is 14.8. The predicted octanol–water partition coefficient (Wildman–Crippen LogP) is 9.25. The first-order chi connectivity index (χ1) is 24.7. The van der Waals surface area contributed by atoms with Crippen LogP contribution in [0.1, 0.15) is 84.1 Å². The second-order valence-electron chi connectivity index (χ2n) is 16.8. The van der Waals surface area contributed by atoms with Crippen LogP contribution >= 0.6 is 0 Å². The second-order valence-corrected chi connectivity index (χ2v) is 16.8. The maximum atomic E-state index is 9.06. The van der Waals surface area contributed by atoms with Gasteiger partial charge in [-0.25, -0.2) is 0 Å². The summed E-state index contributed by atoms with van der Waals surface area (Å²) in [5.41, 5.74) is 28.3. The summed E-state index contributed by atoms with van der Waals surface area (Å²) in [6.07, 6.45) is 10.0. The molecule has 0 radical (unpaired) electrons. The van der Waals surface area contributed by atoms with Crippen LogP contribution in [0.5, 0.6) is 0 Å². The number of nitrogens with zero attached hydrogens (tertiary/aromatic N) is 10. The Morgan fingerprint density at radius 2 is 1.39 bits per heavy atom. The number of rotatable bonds is 16. The van der Waals surface area contributed by atoms with Gasteiger partial charge in [-0.15, -0.1) is 0 Å². The molecule has 0 amide bonds. The van der Waals surface area contributed by atoms with Crippen molar-refractivity contribution in [3.05, 3.63) is 67.2 Å². The van der Waals surface area contributed by atoms with Gasteiger partial charge in [-0.1, -0.05) is 66.4 Å². The van der Waals surface area contributed by atoms with Crippen LogP contribution in [0.25, 0.3) is 31.3 Å². The lowest BCUT2D eigenvalue weighted by atomic mass is 9.41. The van der Waals surface area contributed by atoms with Gasteiger partial charge < -0.3 is 14.2 Å². The summed E-state index contributed by atoms with van der Waals surface area (Å²) in [4.78, 5) is 11.5. The smallest absolute Gasteiger partial charge is 0.0637 e. The summed E-state index contributed by atoms with van der Waals surface area (Å²) in [6, 6.07) is 11.3. The molecule has 1 unspecified atom stereocenters. The minimum atomic E-state index is -0.0598. The van der Waals surface area contributed by atoms with Crippen molar-refractivity contribution < 1.29 is 14.2 Å². The van der Waals surface area contributed by atoms with Crippen molar-refractivity contribution in [3.8, 4) is 0 Å². The molecule has 1 aromatic rings. The Hall–Kier alpha value is -3.01. The fraction of sp³-hybridized carbons (Fsp3) is 0.842. The third-order valence-electron chi connectivity index (χ3n) is 14.8. The molecule has 278 valence electrons. The van der Waals surface area contributed by atoms with E-state index in [0.29, 0.717) is 75.1 Å². The van der Waals surface area contributed by atoms with Crippen molar-refractivity contribution in [2.45, 2.75) is 109 Å². The van der Waals surface area contributed by atoms with Crippen molar-refractivity contribution in [1.29, 1.82) is 0 Å². The molecule has 0 aromatic heterocycles. The molecule has 5 aliphatic rings. The molecule has 1 aromatic carbocycles. The van der Waals surface area contributed by atoms with Crippen molar-refractivity contribution in [2.75, 3.05) is 46.5 Å². The minimum absolute atomic E-state index is 0.0554. The van der Waals surface area contributed by atoms with Crippen LogP contribution in [0.3, 0.4) is 0 Å². The summed E-state index contributed by atoms with van der Waals surface area (Å²) in [5.74, 6) is 2.15. The van der Waals surface area contributed by atoms with Gasteiger partial charge in [-0.2, -0.15) is 0 Å². The van der Waals surface area contributed by atoms with E-state index in [-0.39, 0.29) is 34.6 Å². The Kier molecular flexibility index (Phi) is 12.1. The first-order valence-corrected chi connectivity index (χ1v) is 19.3. The first kappa shape index (κ1) is 37.7. The largest absolute Gasteiger partial charge is 0.378 e. The molecule has 5 aliphatic carbocycles. The van der Waals surface area contributed by atoms with E-state index in [9.17, 15) is 0 Å². The molecule has 51 heavy (non-hydrogen) atoms. The van der Waals surface area contributed by atoms with Gasteiger partial charge in [-0.05, 0) is 127 Å². The van der Waals surface area contributed by atoms with E-state index < -0.39 is 0 Å². The molecule has 0 bridgehead atoms. The van der Waals surface area contributed by atoms with Crippen molar-refractivity contribution in [2.24, 2.45) is 61.2 Å². The number of hydrogen-bond donors (Lipinski definition) is 0. The van der Waals surface area contributed by atoms with Gasteiger partial charge in [0.25, 0.3) is 0 Å². The summed E-state index contributed by atoms with van der Waals surface area (Å²) in [5, 5.41) is 11.3. The zero-order chi connectivity index (χ0) is 36.1. The number of hydrogen-bond acceptors (Lipinski definition) is 7. The van der Waals surface area contributed by atoms with Crippen LogP contribution in [-0.4, -0.2) is 75.8 Å². The van der Waals surface area contributed by atoms with Crippen LogP contribution in [0.15, 0.2) is 45.7 Å². The topological polar surface area (TPSA) is 177 Å². The Labute approximate surface area is 303 Å². The molecule has 5 saturated carbocycles. The molecule has 13 heteroatoms. The van der Waals surface area contributed by atoms with Gasteiger partial charge in [0.1, 0.15) is 0 Å². The zero-order valence-electron chi connectivity index (χ0n) is 31.1. The molecule has 0 saturated heterocycles. The SMILES string of the molecule is CN(Cc1ccccc1)C1CC[C@]1(C)[C@H]1CC[C@H]2[C@@H]3[C@H](OCCN=[N+]=[N-])C[C@@H]4C[C@@H](OCCN=[N+]=[N-])CC[C@]4(C)[C@H]3C[C@H](OCCN=[N+]=[N-])[C@@]21C. The maximum Gasteiger partial charge on any atom is 0.0637 e.